The fourth-order valence-electron chi connectivity index (χ4n) is 3.08. The quantitative estimate of drug-likeness (QED) is 0.773. The van der Waals surface area contributed by atoms with Gasteiger partial charge in [0, 0.05) is 19.1 Å². The van der Waals surface area contributed by atoms with Crippen LogP contribution >= 0.6 is 0 Å². The number of carbonyl (C=O) groups excluding carboxylic acids is 1. The number of fused-ring (bicyclic) bond motifs is 1. The molecule has 2 aromatic carbocycles. The summed E-state index contributed by atoms with van der Waals surface area (Å²) in [5, 5.41) is 0. The van der Waals surface area contributed by atoms with Gasteiger partial charge in [-0.2, -0.15) is 0 Å². The van der Waals surface area contributed by atoms with Crippen LogP contribution in [0.4, 0.5) is 0 Å². The first-order valence-corrected chi connectivity index (χ1v) is 11.0. The van der Waals surface area contributed by atoms with E-state index in [1.165, 1.54) is 23.3 Å². The molecule has 7 heteroatoms. The zero-order valence-corrected chi connectivity index (χ0v) is 17.0. The maximum atomic E-state index is 12.5. The number of nitrogens with one attached hydrogen (secondary N) is 1. The number of rotatable bonds is 7. The van der Waals surface area contributed by atoms with Crippen LogP contribution in [0.2, 0.25) is 0 Å². The van der Waals surface area contributed by atoms with Crippen molar-refractivity contribution < 1.29 is 17.9 Å². The van der Waals surface area contributed by atoms with E-state index < -0.39 is 10.0 Å². The summed E-state index contributed by atoms with van der Waals surface area (Å²) in [5.74, 6) is 0.387. The topological polar surface area (TPSA) is 75.7 Å². The first kappa shape index (κ1) is 20.4. The van der Waals surface area contributed by atoms with Crippen LogP contribution in [0, 0.1) is 0 Å². The summed E-state index contributed by atoms with van der Waals surface area (Å²) in [6.07, 6.45) is 1.56. The highest BCUT2D eigenvalue weighted by molar-refractivity contribution is 7.89. The van der Waals surface area contributed by atoms with E-state index in [-0.39, 0.29) is 23.5 Å². The van der Waals surface area contributed by atoms with Crippen LogP contribution in [0.25, 0.3) is 0 Å². The summed E-state index contributed by atoms with van der Waals surface area (Å²) in [6, 6.07) is 14.1. The van der Waals surface area contributed by atoms with Gasteiger partial charge in [-0.3, -0.25) is 4.79 Å². The molecule has 2 aromatic rings. The van der Waals surface area contributed by atoms with Crippen LogP contribution < -0.4 is 9.46 Å². The summed E-state index contributed by atoms with van der Waals surface area (Å²) in [5.41, 5.74) is 2.46. The van der Waals surface area contributed by atoms with Crippen molar-refractivity contribution in [1.82, 2.24) is 9.62 Å². The molecule has 1 atom stereocenters. The highest BCUT2D eigenvalue weighted by Crippen LogP contribution is 2.20. The second-order valence-corrected chi connectivity index (χ2v) is 8.74. The van der Waals surface area contributed by atoms with Crippen molar-refractivity contribution in [3.05, 3.63) is 59.7 Å². The highest BCUT2D eigenvalue weighted by Gasteiger charge is 2.21. The molecule has 0 saturated heterocycles. The monoisotopic (exact) mass is 402 g/mol. The van der Waals surface area contributed by atoms with Crippen LogP contribution in [-0.4, -0.2) is 38.4 Å². The Hall–Kier alpha value is -2.38. The molecule has 0 aromatic heterocycles. The fourth-order valence-corrected chi connectivity index (χ4v) is 4.40. The Balaban J connectivity index is 1.56. The molecule has 1 N–H and O–H groups in total. The number of nitrogens with zero attached hydrogens (tertiary/aromatic N) is 1. The summed E-state index contributed by atoms with van der Waals surface area (Å²) < 4.78 is 32.7. The molecule has 0 unspecified atom stereocenters. The Morgan fingerprint density at radius 2 is 1.82 bits per heavy atom. The first-order valence-electron chi connectivity index (χ1n) is 9.49. The first-order chi connectivity index (χ1) is 13.4. The van der Waals surface area contributed by atoms with Gasteiger partial charge in [0.25, 0.3) is 5.91 Å². The molecular weight excluding hydrogens is 376 g/mol. The zero-order chi connectivity index (χ0) is 20.1. The Kier molecular flexibility index (Phi) is 6.36. The lowest BCUT2D eigenvalue weighted by Gasteiger charge is -2.28. The van der Waals surface area contributed by atoms with Crippen LogP contribution in [0.3, 0.4) is 0 Å². The summed E-state index contributed by atoms with van der Waals surface area (Å²) in [4.78, 5) is 14.4. The van der Waals surface area contributed by atoms with E-state index in [0.29, 0.717) is 25.3 Å². The lowest BCUT2D eigenvalue weighted by atomic mass is 10.00. The van der Waals surface area contributed by atoms with Crippen molar-refractivity contribution in [2.24, 2.45) is 0 Å². The minimum absolute atomic E-state index is 0.0701. The third-order valence-electron chi connectivity index (χ3n) is 4.95. The molecule has 0 radical (unpaired) electrons. The molecule has 1 aliphatic heterocycles. The second-order valence-electron chi connectivity index (χ2n) is 7.02. The number of ether oxygens (including phenoxy) is 1. The van der Waals surface area contributed by atoms with Crippen molar-refractivity contribution in [2.75, 3.05) is 13.2 Å². The van der Waals surface area contributed by atoms with Crippen LogP contribution in [0.1, 0.15) is 31.4 Å². The van der Waals surface area contributed by atoms with Gasteiger partial charge in [0.15, 0.2) is 6.61 Å². The molecule has 0 aliphatic carbocycles. The molecule has 0 fully saturated rings. The normalized spacial score (nSPS) is 15.0. The fraction of sp³-hybridized carbons (Fsp3) is 0.381. The smallest absolute Gasteiger partial charge is 0.260 e. The minimum atomic E-state index is -3.55. The lowest BCUT2D eigenvalue weighted by Crippen LogP contribution is -2.38. The van der Waals surface area contributed by atoms with Gasteiger partial charge in [0.2, 0.25) is 10.0 Å². The maximum Gasteiger partial charge on any atom is 0.260 e. The maximum absolute atomic E-state index is 12.5. The number of benzene rings is 2. The van der Waals surface area contributed by atoms with Crippen LogP contribution in [-0.2, 0) is 27.8 Å². The van der Waals surface area contributed by atoms with Crippen molar-refractivity contribution in [3.63, 3.8) is 0 Å². The molecule has 6 nitrogen and oxygen atoms in total. The second kappa shape index (κ2) is 8.75. The lowest BCUT2D eigenvalue weighted by molar-refractivity contribution is -0.134. The number of hydrogen-bond donors (Lipinski definition) is 1. The van der Waals surface area contributed by atoms with Crippen molar-refractivity contribution in [2.45, 2.75) is 44.2 Å². The van der Waals surface area contributed by atoms with Gasteiger partial charge in [0.1, 0.15) is 5.75 Å². The molecule has 1 aliphatic rings. The average Bonchev–Trinajstić information content (AvgIpc) is 2.71. The molecule has 28 heavy (non-hydrogen) atoms. The predicted octanol–water partition coefficient (Wildman–Crippen LogP) is 2.73. The van der Waals surface area contributed by atoms with E-state index in [9.17, 15) is 13.2 Å². The number of sulfonamides is 1. The van der Waals surface area contributed by atoms with E-state index in [0.717, 1.165) is 6.42 Å². The molecule has 0 bridgehead atoms. The van der Waals surface area contributed by atoms with Gasteiger partial charge in [0.05, 0.1) is 4.90 Å². The van der Waals surface area contributed by atoms with Crippen LogP contribution in [0.5, 0.6) is 5.75 Å². The zero-order valence-electron chi connectivity index (χ0n) is 16.2. The Bertz CT molecular complexity index is 926. The van der Waals surface area contributed by atoms with Gasteiger partial charge >= 0.3 is 0 Å². The summed E-state index contributed by atoms with van der Waals surface area (Å²) in [7, 11) is -3.55. The van der Waals surface area contributed by atoms with E-state index in [1.54, 1.807) is 17.0 Å². The van der Waals surface area contributed by atoms with Crippen molar-refractivity contribution in [1.29, 1.82) is 0 Å². The third kappa shape index (κ3) is 4.91. The largest absolute Gasteiger partial charge is 0.484 e. The Labute approximate surface area is 166 Å². The van der Waals surface area contributed by atoms with Gasteiger partial charge in [-0.05, 0) is 55.2 Å². The van der Waals surface area contributed by atoms with E-state index in [2.05, 4.69) is 10.8 Å². The van der Waals surface area contributed by atoms with Crippen molar-refractivity contribution >= 4 is 15.9 Å². The van der Waals surface area contributed by atoms with Crippen LogP contribution in [0.15, 0.2) is 53.4 Å². The number of amides is 1. The van der Waals surface area contributed by atoms with Gasteiger partial charge in [-0.1, -0.05) is 31.2 Å². The van der Waals surface area contributed by atoms with E-state index in [4.69, 9.17) is 4.74 Å². The molecule has 150 valence electrons. The molecule has 3 rings (SSSR count). The molecule has 1 heterocycles. The molecular formula is C21H26N2O4S. The highest BCUT2D eigenvalue weighted by atomic mass is 32.2. The Morgan fingerprint density at radius 1 is 1.14 bits per heavy atom. The standard InChI is InChI=1S/C21H26N2O4S/c1-3-16(2)22-28(25,26)20-10-8-19(9-11-20)27-15-21(24)23-13-12-17-6-4-5-7-18(17)14-23/h4-11,16,22H,3,12-15H2,1-2H3/t16-/m0/s1. The van der Waals surface area contributed by atoms with Gasteiger partial charge in [-0.15, -0.1) is 0 Å². The number of hydrogen-bond acceptors (Lipinski definition) is 4. The minimum Gasteiger partial charge on any atom is -0.484 e. The average molecular weight is 403 g/mol. The number of carbonyl (C=O) groups is 1. The van der Waals surface area contributed by atoms with E-state index in [1.807, 2.05) is 32.0 Å². The van der Waals surface area contributed by atoms with Crippen molar-refractivity contribution in [3.8, 4) is 5.75 Å². The Morgan fingerprint density at radius 3 is 2.50 bits per heavy atom. The molecule has 0 spiro atoms. The van der Waals surface area contributed by atoms with Gasteiger partial charge < -0.3 is 9.64 Å². The van der Waals surface area contributed by atoms with E-state index >= 15 is 0 Å². The summed E-state index contributed by atoms with van der Waals surface area (Å²) >= 11 is 0. The molecule has 1 amide bonds. The summed E-state index contributed by atoms with van der Waals surface area (Å²) in [6.45, 7) is 4.94. The van der Waals surface area contributed by atoms with Gasteiger partial charge in [-0.25, -0.2) is 13.1 Å². The molecule has 0 saturated carbocycles. The SMILES string of the molecule is CC[C@H](C)NS(=O)(=O)c1ccc(OCC(=O)N2CCc3ccccc3C2)cc1. The predicted molar refractivity (Wildman–Crippen MR) is 108 cm³/mol. The third-order valence-corrected chi connectivity index (χ3v) is 6.55.